The molecule has 0 aromatic carbocycles. The smallest absolute Gasteiger partial charge is 0.269 e. The molecule has 122 valence electrons. The van der Waals surface area contributed by atoms with Crippen LogP contribution in [0.1, 0.15) is 36.7 Å². The molecular formula is C17H28N4O. The maximum Gasteiger partial charge on any atom is 0.269 e. The van der Waals surface area contributed by atoms with E-state index >= 15 is 0 Å². The number of nitrogens with one attached hydrogen (secondary N) is 1. The van der Waals surface area contributed by atoms with Gasteiger partial charge in [-0.1, -0.05) is 19.4 Å². The van der Waals surface area contributed by atoms with Crippen molar-refractivity contribution < 1.29 is 4.79 Å². The molecule has 5 nitrogen and oxygen atoms in total. The Morgan fingerprint density at radius 3 is 2.59 bits per heavy atom. The molecular weight excluding hydrogens is 276 g/mol. The van der Waals surface area contributed by atoms with Gasteiger partial charge in [0, 0.05) is 38.9 Å². The Balaban J connectivity index is 1.49. The summed E-state index contributed by atoms with van der Waals surface area (Å²) in [4.78, 5) is 20.9. The normalized spacial score (nSPS) is 16.6. The second-order valence-electron chi connectivity index (χ2n) is 5.81. The molecule has 0 atom stereocenters. The van der Waals surface area contributed by atoms with Gasteiger partial charge in [0.2, 0.25) is 0 Å². The lowest BCUT2D eigenvalue weighted by atomic mass is 10.2. The van der Waals surface area contributed by atoms with E-state index in [4.69, 9.17) is 0 Å². The number of carbonyl (C=O) groups excluding carboxylic acids is 1. The zero-order valence-corrected chi connectivity index (χ0v) is 13.6. The summed E-state index contributed by atoms with van der Waals surface area (Å²) in [7, 11) is 0. The van der Waals surface area contributed by atoms with Crippen LogP contribution in [0, 0.1) is 0 Å². The largest absolute Gasteiger partial charge is 0.351 e. The summed E-state index contributed by atoms with van der Waals surface area (Å²) in [6, 6.07) is 5.39. The fourth-order valence-corrected chi connectivity index (χ4v) is 2.76. The Morgan fingerprint density at radius 1 is 1.14 bits per heavy atom. The third kappa shape index (κ3) is 5.73. The van der Waals surface area contributed by atoms with Crippen molar-refractivity contribution in [2.75, 3.05) is 45.8 Å². The molecule has 0 unspecified atom stereocenters. The molecule has 0 bridgehead atoms. The van der Waals surface area contributed by atoms with Gasteiger partial charge in [-0.05, 0) is 38.1 Å². The lowest BCUT2D eigenvalue weighted by Crippen LogP contribution is -2.46. The Bertz CT molecular complexity index is 430. The summed E-state index contributed by atoms with van der Waals surface area (Å²) in [5.74, 6) is -0.0729. The fourth-order valence-electron chi connectivity index (χ4n) is 2.76. The molecule has 1 aromatic rings. The van der Waals surface area contributed by atoms with Crippen LogP contribution in [0.5, 0.6) is 0 Å². The summed E-state index contributed by atoms with van der Waals surface area (Å²) in [6.45, 7) is 10.1. The van der Waals surface area contributed by atoms with Crippen LogP contribution in [0.3, 0.4) is 0 Å². The van der Waals surface area contributed by atoms with Crippen molar-refractivity contribution in [1.29, 1.82) is 0 Å². The van der Waals surface area contributed by atoms with Gasteiger partial charge in [0.25, 0.3) is 5.91 Å². The quantitative estimate of drug-likeness (QED) is 0.742. The number of rotatable bonds is 8. The zero-order chi connectivity index (χ0) is 15.6. The van der Waals surface area contributed by atoms with E-state index in [9.17, 15) is 4.79 Å². The molecule has 2 heterocycles. The van der Waals surface area contributed by atoms with Gasteiger partial charge in [0.1, 0.15) is 5.69 Å². The molecule has 1 amide bonds. The summed E-state index contributed by atoms with van der Waals surface area (Å²) < 4.78 is 0. The third-order valence-corrected chi connectivity index (χ3v) is 4.25. The number of aromatic nitrogens is 1. The summed E-state index contributed by atoms with van der Waals surface area (Å²) in [5, 5.41) is 2.93. The van der Waals surface area contributed by atoms with E-state index < -0.39 is 0 Å². The number of nitrogens with zero attached hydrogens (tertiary/aromatic N) is 3. The highest BCUT2D eigenvalue weighted by Crippen LogP contribution is 2.04. The number of amides is 1. The highest BCUT2D eigenvalue weighted by atomic mass is 16.1. The van der Waals surface area contributed by atoms with Crippen LogP contribution >= 0.6 is 0 Å². The van der Waals surface area contributed by atoms with Crippen LogP contribution in [0.4, 0.5) is 0 Å². The van der Waals surface area contributed by atoms with Gasteiger partial charge in [-0.3, -0.25) is 9.78 Å². The van der Waals surface area contributed by atoms with Crippen molar-refractivity contribution >= 4 is 5.91 Å². The molecule has 0 aliphatic carbocycles. The van der Waals surface area contributed by atoms with Gasteiger partial charge >= 0.3 is 0 Å². The summed E-state index contributed by atoms with van der Waals surface area (Å²) >= 11 is 0. The van der Waals surface area contributed by atoms with Crippen LogP contribution in [0.25, 0.3) is 0 Å². The molecule has 1 fully saturated rings. The number of hydrogen-bond donors (Lipinski definition) is 1. The first-order chi connectivity index (χ1) is 10.8. The first-order valence-corrected chi connectivity index (χ1v) is 8.43. The highest BCUT2D eigenvalue weighted by Gasteiger charge is 2.14. The van der Waals surface area contributed by atoms with Crippen molar-refractivity contribution in [3.05, 3.63) is 30.1 Å². The summed E-state index contributed by atoms with van der Waals surface area (Å²) in [5.41, 5.74) is 0.497. The van der Waals surface area contributed by atoms with Crippen LogP contribution in [-0.2, 0) is 0 Å². The summed E-state index contributed by atoms with van der Waals surface area (Å²) in [6.07, 6.45) is 5.06. The molecule has 1 aliphatic rings. The minimum absolute atomic E-state index is 0.0729. The molecule has 1 aromatic heterocycles. The Labute approximate surface area is 133 Å². The maximum absolute atomic E-state index is 11.8. The van der Waals surface area contributed by atoms with Gasteiger partial charge in [0.05, 0.1) is 0 Å². The second kappa shape index (κ2) is 9.54. The third-order valence-electron chi connectivity index (χ3n) is 4.25. The molecule has 22 heavy (non-hydrogen) atoms. The van der Waals surface area contributed by atoms with Crippen LogP contribution in [0.2, 0.25) is 0 Å². The predicted octanol–water partition coefficient (Wildman–Crippen LogP) is 1.62. The van der Waals surface area contributed by atoms with Crippen LogP contribution < -0.4 is 5.32 Å². The van der Waals surface area contributed by atoms with Crippen LogP contribution in [-0.4, -0.2) is 66.5 Å². The van der Waals surface area contributed by atoms with E-state index in [-0.39, 0.29) is 5.91 Å². The Hall–Kier alpha value is -1.46. The number of carbonyl (C=O) groups is 1. The van der Waals surface area contributed by atoms with Gasteiger partial charge < -0.3 is 15.1 Å². The molecule has 2 rings (SSSR count). The average molecular weight is 304 g/mol. The minimum Gasteiger partial charge on any atom is -0.351 e. The van der Waals surface area contributed by atoms with Crippen molar-refractivity contribution in [1.82, 2.24) is 20.1 Å². The SMILES string of the molecule is CCN1CCN(CCCCCNC(=O)c2ccccn2)CC1. The van der Waals surface area contributed by atoms with Crippen molar-refractivity contribution in [2.45, 2.75) is 26.2 Å². The molecule has 1 saturated heterocycles. The first kappa shape index (κ1) is 16.9. The monoisotopic (exact) mass is 304 g/mol. The molecule has 1 N–H and O–H groups in total. The molecule has 0 saturated carbocycles. The van der Waals surface area contributed by atoms with E-state index in [2.05, 4.69) is 27.0 Å². The van der Waals surface area contributed by atoms with Crippen molar-refractivity contribution in [2.24, 2.45) is 0 Å². The Kier molecular flexibility index (Phi) is 7.33. The highest BCUT2D eigenvalue weighted by molar-refractivity contribution is 5.92. The van der Waals surface area contributed by atoms with Crippen molar-refractivity contribution in [3.8, 4) is 0 Å². The zero-order valence-electron chi connectivity index (χ0n) is 13.6. The van der Waals surface area contributed by atoms with E-state index in [0.717, 1.165) is 19.4 Å². The molecule has 5 heteroatoms. The Morgan fingerprint density at radius 2 is 1.91 bits per heavy atom. The maximum atomic E-state index is 11.8. The molecule has 0 spiro atoms. The lowest BCUT2D eigenvalue weighted by Gasteiger charge is -2.33. The lowest BCUT2D eigenvalue weighted by molar-refractivity contribution is 0.0947. The average Bonchev–Trinajstić information content (AvgIpc) is 2.59. The van der Waals surface area contributed by atoms with Gasteiger partial charge in [-0.15, -0.1) is 0 Å². The standard InChI is InChI=1S/C17H28N4O/c1-2-20-12-14-21(15-13-20)11-7-3-5-10-19-17(22)16-8-4-6-9-18-16/h4,6,8-9H,2-3,5,7,10-15H2,1H3,(H,19,22). The predicted molar refractivity (Wildman–Crippen MR) is 89.0 cm³/mol. The number of piperazine rings is 1. The topological polar surface area (TPSA) is 48.5 Å². The van der Waals surface area contributed by atoms with Crippen LogP contribution in [0.15, 0.2) is 24.4 Å². The minimum atomic E-state index is -0.0729. The van der Waals surface area contributed by atoms with Gasteiger partial charge in [-0.2, -0.15) is 0 Å². The molecule has 1 aliphatic heterocycles. The number of likely N-dealkylation sites (N-methyl/N-ethyl adjacent to an activating group) is 1. The van der Waals surface area contributed by atoms with Gasteiger partial charge in [0.15, 0.2) is 0 Å². The number of hydrogen-bond acceptors (Lipinski definition) is 4. The van der Waals surface area contributed by atoms with Crippen molar-refractivity contribution in [3.63, 3.8) is 0 Å². The number of unbranched alkanes of at least 4 members (excludes halogenated alkanes) is 2. The molecule has 0 radical (unpaired) electrons. The second-order valence-corrected chi connectivity index (χ2v) is 5.81. The van der Waals surface area contributed by atoms with E-state index in [1.165, 1.54) is 45.7 Å². The van der Waals surface area contributed by atoms with Gasteiger partial charge in [-0.25, -0.2) is 0 Å². The van der Waals surface area contributed by atoms with E-state index in [0.29, 0.717) is 5.69 Å². The van der Waals surface area contributed by atoms with E-state index in [1.807, 2.05) is 12.1 Å². The number of pyridine rings is 1. The first-order valence-electron chi connectivity index (χ1n) is 8.43. The fraction of sp³-hybridized carbons (Fsp3) is 0.647. The van der Waals surface area contributed by atoms with E-state index in [1.54, 1.807) is 12.3 Å².